The molecule has 6 nitrogen and oxygen atoms in total. The summed E-state index contributed by atoms with van der Waals surface area (Å²) >= 11 is 0. The molecule has 0 fully saturated rings. The van der Waals surface area contributed by atoms with Gasteiger partial charge in [0.05, 0.1) is 17.4 Å². The Bertz CT molecular complexity index is 1200. The lowest BCUT2D eigenvalue weighted by atomic mass is 9.98. The van der Waals surface area contributed by atoms with E-state index < -0.39 is 45.6 Å². The van der Waals surface area contributed by atoms with E-state index in [2.05, 4.69) is 5.10 Å². The first-order chi connectivity index (χ1) is 13.9. The third kappa shape index (κ3) is 4.35. The molecule has 0 N–H and O–H groups in total. The highest BCUT2D eigenvalue weighted by Gasteiger charge is 2.40. The molecule has 0 amide bonds. The van der Waals surface area contributed by atoms with Crippen LogP contribution in [0.4, 0.5) is 17.6 Å². The SMILES string of the molecule is CS(=O)(=O)c1ccc(-c2nn(CC(=O)[O-])c(C(F)(F)F)c2-c2ccc(F)cc2)cc1. The Morgan fingerprint density at radius 3 is 2.03 bits per heavy atom. The standard InChI is InChI=1S/C19H14F4N2O4S/c1-30(28,29)14-8-4-12(5-9-14)17-16(11-2-6-13(20)7-3-11)18(19(21,22)23)25(24-17)10-15(26)27/h2-9H,10H2,1H3,(H,26,27)/p-1. The number of hydrogen-bond acceptors (Lipinski definition) is 5. The molecule has 158 valence electrons. The molecule has 2 aromatic carbocycles. The normalized spacial score (nSPS) is 12.2. The Labute approximate surface area is 168 Å². The van der Waals surface area contributed by atoms with E-state index in [-0.39, 0.29) is 26.4 Å². The van der Waals surface area contributed by atoms with Gasteiger partial charge in [-0.1, -0.05) is 24.3 Å². The number of nitrogens with zero attached hydrogens (tertiary/aromatic N) is 2. The first-order valence-electron chi connectivity index (χ1n) is 8.32. The molecule has 0 aliphatic heterocycles. The molecule has 1 aromatic heterocycles. The maximum absolute atomic E-state index is 13.8. The van der Waals surface area contributed by atoms with Crippen LogP contribution < -0.4 is 5.11 Å². The lowest BCUT2D eigenvalue weighted by Gasteiger charge is -2.13. The van der Waals surface area contributed by atoms with Gasteiger partial charge in [-0.15, -0.1) is 0 Å². The minimum atomic E-state index is -4.99. The number of benzene rings is 2. The first kappa shape index (κ1) is 21.5. The molecule has 0 atom stereocenters. The zero-order valence-corrected chi connectivity index (χ0v) is 16.1. The number of carbonyl (C=O) groups excluding carboxylic acids is 1. The number of rotatable bonds is 5. The molecular weight excluding hydrogens is 428 g/mol. The van der Waals surface area contributed by atoms with Gasteiger partial charge in [-0.05, 0) is 29.8 Å². The molecule has 0 bridgehead atoms. The number of aromatic nitrogens is 2. The van der Waals surface area contributed by atoms with Crippen LogP contribution in [0, 0.1) is 5.82 Å². The number of aliphatic carboxylic acids is 1. The maximum Gasteiger partial charge on any atom is 0.433 e. The van der Waals surface area contributed by atoms with Crippen molar-refractivity contribution in [1.82, 2.24) is 9.78 Å². The molecule has 0 radical (unpaired) electrons. The predicted octanol–water partition coefficient (Wildman–Crippen LogP) is 2.53. The van der Waals surface area contributed by atoms with Crippen molar-refractivity contribution in [2.75, 3.05) is 6.26 Å². The summed E-state index contributed by atoms with van der Waals surface area (Å²) in [6.07, 6.45) is -4.01. The van der Waals surface area contributed by atoms with Crippen LogP contribution in [0.15, 0.2) is 53.4 Å². The van der Waals surface area contributed by atoms with Crippen LogP contribution in [-0.2, 0) is 27.4 Å². The molecule has 0 aliphatic rings. The summed E-state index contributed by atoms with van der Waals surface area (Å²) in [6.45, 7) is -1.16. The average molecular weight is 441 g/mol. The molecule has 3 aromatic rings. The minimum Gasteiger partial charge on any atom is -0.548 e. The van der Waals surface area contributed by atoms with Crippen molar-refractivity contribution in [3.05, 3.63) is 60.0 Å². The van der Waals surface area contributed by atoms with Gasteiger partial charge in [-0.25, -0.2) is 12.8 Å². The highest BCUT2D eigenvalue weighted by Crippen LogP contribution is 2.42. The lowest BCUT2D eigenvalue weighted by Crippen LogP contribution is -2.30. The van der Waals surface area contributed by atoms with Crippen molar-refractivity contribution in [2.24, 2.45) is 0 Å². The highest BCUT2D eigenvalue weighted by atomic mass is 32.2. The van der Waals surface area contributed by atoms with Gasteiger partial charge in [0.15, 0.2) is 15.5 Å². The quantitative estimate of drug-likeness (QED) is 0.568. The number of sulfone groups is 1. The Morgan fingerprint density at radius 1 is 1.03 bits per heavy atom. The second-order valence-corrected chi connectivity index (χ2v) is 8.42. The number of carboxylic acid groups (broad SMARTS) is 1. The second-order valence-electron chi connectivity index (χ2n) is 6.40. The summed E-state index contributed by atoms with van der Waals surface area (Å²) in [7, 11) is -3.54. The zero-order chi connectivity index (χ0) is 22.3. The minimum absolute atomic E-state index is 0.0458. The van der Waals surface area contributed by atoms with Crippen LogP contribution in [0.1, 0.15) is 5.69 Å². The van der Waals surface area contributed by atoms with E-state index in [4.69, 9.17) is 0 Å². The van der Waals surface area contributed by atoms with Crippen LogP contribution in [0.3, 0.4) is 0 Å². The number of alkyl halides is 3. The predicted molar refractivity (Wildman–Crippen MR) is 96.2 cm³/mol. The summed E-state index contributed by atoms with van der Waals surface area (Å²) in [5.41, 5.74) is -1.98. The van der Waals surface area contributed by atoms with Gasteiger partial charge >= 0.3 is 6.18 Å². The van der Waals surface area contributed by atoms with E-state index in [1.807, 2.05) is 0 Å². The van der Waals surface area contributed by atoms with Crippen LogP contribution in [0.25, 0.3) is 22.4 Å². The van der Waals surface area contributed by atoms with E-state index in [9.17, 15) is 35.9 Å². The summed E-state index contributed by atoms with van der Waals surface area (Å²) in [4.78, 5) is 10.9. The Morgan fingerprint density at radius 2 is 1.57 bits per heavy atom. The molecule has 0 unspecified atom stereocenters. The molecule has 1 heterocycles. The van der Waals surface area contributed by atoms with Crippen LogP contribution in [-0.4, -0.2) is 30.4 Å². The largest absolute Gasteiger partial charge is 0.548 e. The first-order valence-corrected chi connectivity index (χ1v) is 10.2. The van der Waals surface area contributed by atoms with Gasteiger partial charge in [-0.2, -0.15) is 18.3 Å². The number of carbonyl (C=O) groups is 1. The van der Waals surface area contributed by atoms with E-state index in [1.54, 1.807) is 0 Å². The summed E-state index contributed by atoms with van der Waals surface area (Å²) in [5, 5.41) is 14.8. The van der Waals surface area contributed by atoms with Crippen LogP contribution in [0.2, 0.25) is 0 Å². The van der Waals surface area contributed by atoms with Gasteiger partial charge in [0.2, 0.25) is 0 Å². The molecule has 0 aliphatic carbocycles. The fraction of sp³-hybridized carbons (Fsp3) is 0.158. The highest BCUT2D eigenvalue weighted by molar-refractivity contribution is 7.90. The van der Waals surface area contributed by atoms with Crippen LogP contribution >= 0.6 is 0 Å². The number of carboxylic acids is 1. The third-order valence-electron chi connectivity index (χ3n) is 4.19. The van der Waals surface area contributed by atoms with Gasteiger partial charge in [0.1, 0.15) is 11.5 Å². The summed E-state index contributed by atoms with van der Waals surface area (Å²) in [6, 6.07) is 9.06. The van der Waals surface area contributed by atoms with Gasteiger partial charge in [0, 0.05) is 17.4 Å². The maximum atomic E-state index is 13.8. The lowest BCUT2D eigenvalue weighted by molar-refractivity contribution is -0.306. The Kier molecular flexibility index (Phi) is 5.42. The van der Waals surface area contributed by atoms with E-state index >= 15 is 0 Å². The average Bonchev–Trinajstić information content (AvgIpc) is 3.00. The molecule has 11 heteroatoms. The molecule has 0 saturated heterocycles. The fourth-order valence-electron chi connectivity index (χ4n) is 2.94. The summed E-state index contributed by atoms with van der Waals surface area (Å²) in [5.74, 6) is -2.46. The van der Waals surface area contributed by atoms with Crippen molar-refractivity contribution in [2.45, 2.75) is 17.6 Å². The topological polar surface area (TPSA) is 92.1 Å². The van der Waals surface area contributed by atoms with Crippen molar-refractivity contribution in [1.29, 1.82) is 0 Å². The van der Waals surface area contributed by atoms with Crippen molar-refractivity contribution < 1.29 is 35.9 Å². The van der Waals surface area contributed by atoms with Crippen molar-refractivity contribution in [3.8, 4) is 22.4 Å². The van der Waals surface area contributed by atoms with Crippen LogP contribution in [0.5, 0.6) is 0 Å². The van der Waals surface area contributed by atoms with Crippen molar-refractivity contribution in [3.63, 3.8) is 0 Å². The molecule has 30 heavy (non-hydrogen) atoms. The molecule has 3 rings (SSSR count). The Hall–Kier alpha value is -3.21. The molecule has 0 saturated carbocycles. The van der Waals surface area contributed by atoms with E-state index in [0.717, 1.165) is 30.5 Å². The second kappa shape index (κ2) is 7.56. The zero-order valence-electron chi connectivity index (χ0n) is 15.3. The van der Waals surface area contributed by atoms with Gasteiger partial charge in [-0.3, -0.25) is 4.68 Å². The summed E-state index contributed by atoms with van der Waals surface area (Å²) < 4.78 is 78.4. The third-order valence-corrected chi connectivity index (χ3v) is 5.32. The number of halogens is 4. The number of hydrogen-bond donors (Lipinski definition) is 0. The van der Waals surface area contributed by atoms with Gasteiger partial charge in [0.25, 0.3) is 0 Å². The molecular formula is C19H13F4N2O4S-. The monoisotopic (exact) mass is 441 g/mol. The Balaban J connectivity index is 2.32. The molecule has 0 spiro atoms. The fourth-order valence-corrected chi connectivity index (χ4v) is 3.57. The van der Waals surface area contributed by atoms with Crippen molar-refractivity contribution >= 4 is 15.8 Å². The van der Waals surface area contributed by atoms with E-state index in [1.165, 1.54) is 24.3 Å². The van der Waals surface area contributed by atoms with Gasteiger partial charge < -0.3 is 9.90 Å². The van der Waals surface area contributed by atoms with E-state index in [0.29, 0.717) is 0 Å². The smallest absolute Gasteiger partial charge is 0.433 e.